The van der Waals surface area contributed by atoms with Crippen LogP contribution in [0.4, 0.5) is 0 Å². The molecule has 12 heteroatoms. The summed E-state index contributed by atoms with van der Waals surface area (Å²) in [6, 6.07) is 7.14. The molecule has 0 aromatic carbocycles. The van der Waals surface area contributed by atoms with Crippen LogP contribution in [0.5, 0.6) is 0 Å². The Balaban J connectivity index is 1.98. The molecule has 3 heterocycles. The first-order valence-corrected chi connectivity index (χ1v) is 11.4. The van der Waals surface area contributed by atoms with Crippen molar-refractivity contribution in [3.8, 4) is 36.4 Å². The van der Waals surface area contributed by atoms with Crippen LogP contribution in [0.15, 0.2) is 0 Å². The molecule has 4 fully saturated rings. The van der Waals surface area contributed by atoms with E-state index in [2.05, 4.69) is 52.4 Å². The Morgan fingerprint density at radius 2 is 1.17 bits per heavy atom. The third-order valence-electron chi connectivity index (χ3n) is 8.99. The minimum atomic E-state index is -0.850. The minimum absolute atomic E-state index is 0.370. The van der Waals surface area contributed by atoms with Gasteiger partial charge in [0.25, 0.3) is 0 Å². The predicted octanol–water partition coefficient (Wildman–Crippen LogP) is -2.05. The number of likely N-dealkylation sites (N-methyl/N-ethyl adjacent to an activating group) is 3. The summed E-state index contributed by atoms with van der Waals surface area (Å²) in [5, 5.41) is 69.8. The van der Waals surface area contributed by atoms with Gasteiger partial charge in [-0.05, 0) is 35.0 Å². The standard InChI is InChI=1S/C23H28N12/c1-22-20(34(4)16(10-28)14(8-26)32-22)18-19(30-12(6-24)15(9-27)33(18)3)23(2)21(22)31-13(7-25)17(11-29)35(23)5/h12-21,30-32H,1-5H3. The quantitative estimate of drug-likeness (QED) is 0.350. The van der Waals surface area contributed by atoms with E-state index >= 15 is 0 Å². The van der Waals surface area contributed by atoms with Crippen LogP contribution in [0, 0.1) is 68.0 Å². The van der Waals surface area contributed by atoms with Crippen molar-refractivity contribution in [2.45, 2.75) is 85.3 Å². The Morgan fingerprint density at radius 3 is 1.69 bits per heavy atom. The molecular weight excluding hydrogens is 444 g/mol. The molecule has 3 N–H and O–H groups in total. The van der Waals surface area contributed by atoms with Gasteiger partial charge in [0.05, 0.1) is 47.5 Å². The van der Waals surface area contributed by atoms with E-state index in [1.807, 2.05) is 35.6 Å². The lowest BCUT2D eigenvalue weighted by Crippen LogP contribution is -2.96. The summed E-state index contributed by atoms with van der Waals surface area (Å²) in [7, 11) is 5.42. The lowest BCUT2D eigenvalue weighted by Gasteiger charge is -2.73. The number of hydrogen-bond donors (Lipinski definition) is 3. The number of rotatable bonds is 0. The minimum Gasteiger partial charge on any atom is -0.293 e. The van der Waals surface area contributed by atoms with Crippen LogP contribution in [0.1, 0.15) is 13.8 Å². The number of nitriles is 6. The van der Waals surface area contributed by atoms with Crippen molar-refractivity contribution in [3.63, 3.8) is 0 Å². The molecule has 35 heavy (non-hydrogen) atoms. The van der Waals surface area contributed by atoms with Gasteiger partial charge in [0.2, 0.25) is 0 Å². The van der Waals surface area contributed by atoms with Gasteiger partial charge in [-0.15, -0.1) is 0 Å². The molecule has 0 amide bonds. The number of nitrogens with one attached hydrogen (secondary N) is 3. The van der Waals surface area contributed by atoms with E-state index in [0.29, 0.717) is 0 Å². The van der Waals surface area contributed by atoms with Crippen molar-refractivity contribution < 1.29 is 0 Å². The summed E-state index contributed by atoms with van der Waals surface area (Å²) in [4.78, 5) is 5.67. The van der Waals surface area contributed by atoms with Gasteiger partial charge in [-0.25, -0.2) is 0 Å². The van der Waals surface area contributed by atoms with E-state index in [1.165, 1.54) is 0 Å². The zero-order valence-corrected chi connectivity index (χ0v) is 20.3. The van der Waals surface area contributed by atoms with Crippen LogP contribution in [0.25, 0.3) is 0 Å². The molecule has 0 aromatic rings. The van der Waals surface area contributed by atoms with E-state index in [-0.39, 0.29) is 12.1 Å². The van der Waals surface area contributed by atoms with Crippen molar-refractivity contribution in [1.82, 2.24) is 30.7 Å². The number of nitrogens with zero attached hydrogens (tertiary/aromatic N) is 9. The molecule has 1 saturated carbocycles. The summed E-state index contributed by atoms with van der Waals surface area (Å²) in [5.74, 6) is 0. The second kappa shape index (κ2) is 8.42. The molecule has 1 aliphatic carbocycles. The Bertz CT molecular complexity index is 1140. The van der Waals surface area contributed by atoms with Crippen LogP contribution >= 0.6 is 0 Å². The molecule has 12 atom stereocenters. The maximum Gasteiger partial charge on any atom is 0.127 e. The normalized spacial score (nSPS) is 49.8. The zero-order valence-electron chi connectivity index (χ0n) is 20.3. The third-order valence-corrected chi connectivity index (χ3v) is 8.99. The highest BCUT2D eigenvalue weighted by atomic mass is 15.4. The largest absolute Gasteiger partial charge is 0.293 e. The fourth-order valence-corrected chi connectivity index (χ4v) is 7.30. The molecule has 0 bridgehead atoms. The monoisotopic (exact) mass is 472 g/mol. The molecule has 0 aromatic heterocycles. The maximum atomic E-state index is 9.97. The van der Waals surface area contributed by atoms with Gasteiger partial charge in [0.1, 0.15) is 36.3 Å². The molecule has 0 spiro atoms. The van der Waals surface area contributed by atoms with Crippen LogP contribution in [0.3, 0.4) is 0 Å². The Morgan fingerprint density at radius 1 is 0.657 bits per heavy atom. The highest BCUT2D eigenvalue weighted by Gasteiger charge is 2.72. The van der Waals surface area contributed by atoms with Gasteiger partial charge in [-0.1, -0.05) is 0 Å². The topological polar surface area (TPSA) is 189 Å². The molecule has 12 unspecified atom stereocenters. The van der Waals surface area contributed by atoms with Gasteiger partial charge in [0, 0.05) is 24.2 Å². The molecular formula is C23H28N12. The summed E-state index contributed by atoms with van der Waals surface area (Å²) >= 11 is 0. The summed E-state index contributed by atoms with van der Waals surface area (Å²) in [6.45, 7) is 3.96. The third kappa shape index (κ3) is 3.01. The number of piperazine rings is 3. The van der Waals surface area contributed by atoms with Crippen molar-refractivity contribution >= 4 is 0 Å². The first kappa shape index (κ1) is 24.8. The van der Waals surface area contributed by atoms with Gasteiger partial charge >= 0.3 is 0 Å². The van der Waals surface area contributed by atoms with Gasteiger partial charge in [-0.3, -0.25) is 30.7 Å². The predicted molar refractivity (Wildman–Crippen MR) is 121 cm³/mol. The fraction of sp³-hybridized carbons (Fsp3) is 0.739. The Labute approximate surface area is 205 Å². The fourth-order valence-electron chi connectivity index (χ4n) is 7.30. The van der Waals surface area contributed by atoms with E-state index in [0.717, 1.165) is 0 Å². The lowest BCUT2D eigenvalue weighted by atomic mass is 9.56. The number of fused-ring (bicyclic) bond motifs is 6. The number of hydrogen-bond acceptors (Lipinski definition) is 12. The van der Waals surface area contributed by atoms with Gasteiger partial charge in [-0.2, -0.15) is 31.6 Å². The molecule has 180 valence electrons. The first-order valence-electron chi connectivity index (χ1n) is 11.4. The second-order valence-electron chi connectivity index (χ2n) is 10.3. The SMILES string of the molecule is CN1C(C#N)C(C#N)NC2C1C1N(C)C(C#N)C(C#N)NC1(C)C1NC(C#N)C(C#N)N(C)C21C. The Kier molecular flexibility index (Phi) is 5.97. The zero-order chi connectivity index (χ0) is 25.9. The molecule has 4 rings (SSSR count). The molecule has 4 aliphatic rings. The van der Waals surface area contributed by atoms with E-state index in [1.54, 1.807) is 14.1 Å². The summed E-state index contributed by atoms with van der Waals surface area (Å²) in [5.41, 5.74) is -1.67. The van der Waals surface area contributed by atoms with E-state index < -0.39 is 59.4 Å². The molecule has 0 radical (unpaired) electrons. The van der Waals surface area contributed by atoms with Crippen LogP contribution in [0.2, 0.25) is 0 Å². The second-order valence-corrected chi connectivity index (χ2v) is 10.3. The van der Waals surface area contributed by atoms with Crippen molar-refractivity contribution in [3.05, 3.63) is 0 Å². The van der Waals surface area contributed by atoms with Crippen LogP contribution in [-0.4, -0.2) is 107 Å². The van der Waals surface area contributed by atoms with E-state index in [9.17, 15) is 31.6 Å². The summed E-state index contributed by atoms with van der Waals surface area (Å²) < 4.78 is 0. The highest BCUT2D eigenvalue weighted by Crippen LogP contribution is 2.49. The van der Waals surface area contributed by atoms with Gasteiger partial charge in [0.15, 0.2) is 0 Å². The van der Waals surface area contributed by atoms with Crippen molar-refractivity contribution in [2.24, 2.45) is 0 Å². The van der Waals surface area contributed by atoms with Crippen LogP contribution in [-0.2, 0) is 0 Å². The average molecular weight is 473 g/mol. The molecule has 3 saturated heterocycles. The van der Waals surface area contributed by atoms with Crippen LogP contribution < -0.4 is 16.0 Å². The maximum absolute atomic E-state index is 9.97. The smallest absolute Gasteiger partial charge is 0.127 e. The Hall–Kier alpha value is -3.30. The van der Waals surface area contributed by atoms with Crippen molar-refractivity contribution in [2.75, 3.05) is 21.1 Å². The summed E-state index contributed by atoms with van der Waals surface area (Å²) in [6.07, 6.45) is 0. The molecule has 3 aliphatic heterocycles. The molecule has 12 nitrogen and oxygen atoms in total. The lowest BCUT2D eigenvalue weighted by molar-refractivity contribution is -0.164. The highest BCUT2D eigenvalue weighted by molar-refractivity contribution is 5.37. The van der Waals surface area contributed by atoms with E-state index in [4.69, 9.17) is 0 Å². The van der Waals surface area contributed by atoms with Gasteiger partial charge < -0.3 is 0 Å². The first-order chi connectivity index (χ1) is 16.6. The average Bonchev–Trinajstić information content (AvgIpc) is 2.84. The van der Waals surface area contributed by atoms with Crippen molar-refractivity contribution in [1.29, 1.82) is 31.6 Å².